The summed E-state index contributed by atoms with van der Waals surface area (Å²) >= 11 is 0. The summed E-state index contributed by atoms with van der Waals surface area (Å²) < 4.78 is 31.2. The van der Waals surface area contributed by atoms with Gasteiger partial charge in [0.15, 0.2) is 11.6 Å². The largest absolute Gasteiger partial charge is 0.487 e. The summed E-state index contributed by atoms with van der Waals surface area (Å²) in [5.74, 6) is 1.13. The van der Waals surface area contributed by atoms with Crippen molar-refractivity contribution < 1.29 is 23.4 Å². The van der Waals surface area contributed by atoms with Crippen molar-refractivity contribution in [1.82, 2.24) is 9.88 Å². The third kappa shape index (κ3) is 4.69. The lowest BCUT2D eigenvalue weighted by atomic mass is 10.1. The van der Waals surface area contributed by atoms with Crippen molar-refractivity contribution in [2.75, 3.05) is 31.1 Å². The number of carbonyl (C=O) groups excluding carboxylic acids is 1. The molecule has 0 bridgehead atoms. The molecule has 168 valence electrons. The van der Waals surface area contributed by atoms with E-state index >= 15 is 0 Å². The molecule has 3 heterocycles. The average molecular weight is 440 g/mol. The number of nitrogens with zero attached hydrogens (tertiary/aromatic N) is 4. The maximum absolute atomic E-state index is 14.1. The molecule has 0 aliphatic carbocycles. The molecule has 1 amide bonds. The van der Waals surface area contributed by atoms with Gasteiger partial charge in [0.1, 0.15) is 24.6 Å². The van der Waals surface area contributed by atoms with Crippen molar-refractivity contribution in [3.8, 4) is 17.7 Å². The smallest absolute Gasteiger partial charge is 0.410 e. The third-order valence-corrected chi connectivity index (χ3v) is 5.21. The zero-order chi connectivity index (χ0) is 22.9. The fourth-order valence-corrected chi connectivity index (χ4v) is 3.66. The molecule has 0 radical (unpaired) electrons. The number of hydrogen-bond donors (Lipinski definition) is 0. The van der Waals surface area contributed by atoms with E-state index in [2.05, 4.69) is 9.88 Å². The van der Waals surface area contributed by atoms with Crippen LogP contribution in [0.3, 0.4) is 0 Å². The van der Waals surface area contributed by atoms with Gasteiger partial charge >= 0.3 is 6.09 Å². The Bertz CT molecular complexity index is 1060. The number of rotatable bonds is 3. The summed E-state index contributed by atoms with van der Waals surface area (Å²) in [6.07, 6.45) is -0.336. The Hall–Kier alpha value is -3.54. The van der Waals surface area contributed by atoms with Gasteiger partial charge in [0.05, 0.1) is 17.7 Å². The molecule has 1 unspecified atom stereocenters. The summed E-state index contributed by atoms with van der Waals surface area (Å²) in [5.41, 5.74) is 0.0435. The lowest BCUT2D eigenvalue weighted by molar-refractivity contribution is 0.0193. The van der Waals surface area contributed by atoms with Gasteiger partial charge < -0.3 is 24.0 Å². The van der Waals surface area contributed by atoms with Gasteiger partial charge in [-0.3, -0.25) is 0 Å². The van der Waals surface area contributed by atoms with Gasteiger partial charge in [0.2, 0.25) is 5.88 Å². The molecule has 1 aromatic carbocycles. The Balaban J connectivity index is 1.44. The van der Waals surface area contributed by atoms with Gasteiger partial charge in [-0.2, -0.15) is 10.2 Å². The molecule has 1 saturated heterocycles. The number of pyridine rings is 1. The first-order chi connectivity index (χ1) is 15.2. The summed E-state index contributed by atoms with van der Waals surface area (Å²) in [4.78, 5) is 20.8. The number of ether oxygens (including phenoxy) is 3. The zero-order valence-electron chi connectivity index (χ0n) is 18.3. The maximum atomic E-state index is 14.1. The first-order valence-corrected chi connectivity index (χ1v) is 10.4. The van der Waals surface area contributed by atoms with Gasteiger partial charge in [0.25, 0.3) is 0 Å². The zero-order valence-corrected chi connectivity index (χ0v) is 18.3. The van der Waals surface area contributed by atoms with Crippen LogP contribution in [0.25, 0.3) is 0 Å². The van der Waals surface area contributed by atoms with Crippen LogP contribution < -0.4 is 14.4 Å². The van der Waals surface area contributed by atoms with E-state index in [-0.39, 0.29) is 24.3 Å². The van der Waals surface area contributed by atoms with Crippen molar-refractivity contribution in [2.24, 2.45) is 0 Å². The molecule has 1 fully saturated rings. The highest BCUT2D eigenvalue weighted by Crippen LogP contribution is 2.35. The van der Waals surface area contributed by atoms with Crippen molar-refractivity contribution in [1.29, 1.82) is 5.26 Å². The van der Waals surface area contributed by atoms with E-state index in [1.54, 1.807) is 23.1 Å². The van der Waals surface area contributed by atoms with E-state index in [1.807, 2.05) is 26.8 Å². The number of fused-ring (bicyclic) bond motifs is 3. The molecular formula is C23H25FN4O4. The molecule has 8 nitrogen and oxygen atoms in total. The Morgan fingerprint density at radius 1 is 1.31 bits per heavy atom. The number of nitriles is 1. The number of benzene rings is 1. The number of amides is 1. The summed E-state index contributed by atoms with van der Waals surface area (Å²) in [6.45, 7) is 7.51. The molecule has 2 aliphatic heterocycles. The molecule has 0 saturated carbocycles. The molecule has 32 heavy (non-hydrogen) atoms. The third-order valence-electron chi connectivity index (χ3n) is 5.21. The first-order valence-electron chi connectivity index (χ1n) is 10.4. The Morgan fingerprint density at radius 3 is 2.84 bits per heavy atom. The highest BCUT2D eigenvalue weighted by Gasteiger charge is 2.37. The molecule has 1 atom stereocenters. The van der Waals surface area contributed by atoms with E-state index in [1.165, 1.54) is 12.1 Å². The van der Waals surface area contributed by atoms with Crippen LogP contribution >= 0.6 is 0 Å². The van der Waals surface area contributed by atoms with Crippen molar-refractivity contribution in [3.05, 3.63) is 47.3 Å². The van der Waals surface area contributed by atoms with Crippen LogP contribution in [-0.4, -0.2) is 53.9 Å². The van der Waals surface area contributed by atoms with E-state index < -0.39 is 11.4 Å². The Kier molecular flexibility index (Phi) is 5.78. The molecule has 0 N–H and O–H groups in total. The average Bonchev–Trinajstić information content (AvgIpc) is 2.76. The van der Waals surface area contributed by atoms with Crippen LogP contribution in [0.4, 0.5) is 15.0 Å². The van der Waals surface area contributed by atoms with Crippen LogP contribution in [0.2, 0.25) is 0 Å². The molecular weight excluding hydrogens is 415 g/mol. The van der Waals surface area contributed by atoms with Gasteiger partial charge in [-0.25, -0.2) is 9.18 Å². The van der Waals surface area contributed by atoms with Crippen LogP contribution in [0.15, 0.2) is 30.3 Å². The number of hydrogen-bond acceptors (Lipinski definition) is 7. The van der Waals surface area contributed by atoms with Crippen LogP contribution in [0, 0.1) is 17.1 Å². The monoisotopic (exact) mass is 440 g/mol. The maximum Gasteiger partial charge on any atom is 0.410 e. The molecule has 4 rings (SSSR count). The fourth-order valence-electron chi connectivity index (χ4n) is 3.66. The van der Waals surface area contributed by atoms with E-state index in [0.29, 0.717) is 49.3 Å². The Morgan fingerprint density at radius 2 is 2.12 bits per heavy atom. The van der Waals surface area contributed by atoms with E-state index in [9.17, 15) is 9.18 Å². The minimum absolute atomic E-state index is 0.0139. The minimum atomic E-state index is -0.550. The van der Waals surface area contributed by atoms with Crippen LogP contribution in [0.1, 0.15) is 31.9 Å². The quantitative estimate of drug-likeness (QED) is 0.722. The molecule has 2 aliphatic rings. The number of carbonyl (C=O) groups is 1. The van der Waals surface area contributed by atoms with Crippen molar-refractivity contribution in [3.63, 3.8) is 0 Å². The van der Waals surface area contributed by atoms with Crippen LogP contribution in [-0.2, 0) is 11.3 Å². The fraction of sp³-hybridized carbons (Fsp3) is 0.435. The number of halogens is 1. The first kappa shape index (κ1) is 21.7. The Labute approximate surface area is 186 Å². The number of aromatic nitrogens is 1. The minimum Gasteiger partial charge on any atom is -0.487 e. The van der Waals surface area contributed by atoms with Gasteiger partial charge in [-0.05, 0) is 39.0 Å². The van der Waals surface area contributed by atoms with Gasteiger partial charge in [-0.1, -0.05) is 6.07 Å². The summed E-state index contributed by atoms with van der Waals surface area (Å²) in [5, 5.41) is 8.86. The van der Waals surface area contributed by atoms with Gasteiger partial charge in [0, 0.05) is 31.3 Å². The topological polar surface area (TPSA) is 87.9 Å². The highest BCUT2D eigenvalue weighted by atomic mass is 19.1. The predicted octanol–water partition coefficient (Wildman–Crippen LogP) is 3.49. The normalized spacial score (nSPS) is 17.5. The molecule has 1 aromatic heterocycles. The van der Waals surface area contributed by atoms with Crippen molar-refractivity contribution >= 4 is 11.9 Å². The number of piperazine rings is 1. The second-order valence-electron chi connectivity index (χ2n) is 8.76. The molecule has 0 spiro atoms. The highest BCUT2D eigenvalue weighted by molar-refractivity contribution is 5.69. The predicted molar refractivity (Wildman–Crippen MR) is 114 cm³/mol. The van der Waals surface area contributed by atoms with E-state index in [0.717, 1.165) is 0 Å². The van der Waals surface area contributed by atoms with Gasteiger partial charge in [-0.15, -0.1) is 0 Å². The molecule has 2 aromatic rings. The second-order valence-corrected chi connectivity index (χ2v) is 8.76. The summed E-state index contributed by atoms with van der Waals surface area (Å²) in [7, 11) is 0. The van der Waals surface area contributed by atoms with E-state index in [4.69, 9.17) is 19.5 Å². The number of anilines is 1. The standard InChI is InChI=1S/C23H25FN4O4/c1-23(2,3)32-22(29)27-8-9-28-17(12-27)14-30-19-6-7-20(26-21(19)28)31-13-16-5-4-15(11-25)10-18(16)24/h4-7,10,17H,8-9,12-14H2,1-3H3. The molecule has 9 heteroatoms. The lowest BCUT2D eigenvalue weighted by Crippen LogP contribution is -2.59. The van der Waals surface area contributed by atoms with Crippen LogP contribution in [0.5, 0.6) is 11.6 Å². The second kappa shape index (κ2) is 8.54. The summed E-state index contributed by atoms with van der Waals surface area (Å²) in [6, 6.07) is 9.57. The lowest BCUT2D eigenvalue weighted by Gasteiger charge is -2.44. The van der Waals surface area contributed by atoms with Crippen molar-refractivity contribution in [2.45, 2.75) is 39.0 Å². The SMILES string of the molecule is CC(C)(C)OC(=O)N1CCN2c3nc(OCc4ccc(C#N)cc4F)ccc3OCC2C1.